The van der Waals surface area contributed by atoms with Crippen LogP contribution in [0.4, 0.5) is 9.18 Å². The molecular formula is C34H33FN6O3. The summed E-state index contributed by atoms with van der Waals surface area (Å²) < 4.78 is 18.7. The molecule has 1 aliphatic heterocycles. The van der Waals surface area contributed by atoms with E-state index < -0.39 is 11.4 Å². The van der Waals surface area contributed by atoms with Gasteiger partial charge in [-0.2, -0.15) is 0 Å². The lowest BCUT2D eigenvalue weighted by Crippen LogP contribution is -2.41. The van der Waals surface area contributed by atoms with Crippen LogP contribution in [0.3, 0.4) is 0 Å². The zero-order valence-corrected chi connectivity index (χ0v) is 24.9. The number of carbonyl (C=O) groups excluding carboxylic acids is 1. The Morgan fingerprint density at radius 1 is 1.14 bits per heavy atom. The third-order valence-corrected chi connectivity index (χ3v) is 8.87. The van der Waals surface area contributed by atoms with Gasteiger partial charge in [-0.1, -0.05) is 24.3 Å². The molecule has 2 aromatic carbocycles. The minimum absolute atomic E-state index is 0.0156. The zero-order valence-electron chi connectivity index (χ0n) is 24.9. The molecule has 0 saturated heterocycles. The largest absolute Gasteiger partial charge is 0.392 e. The van der Waals surface area contributed by atoms with E-state index in [1.54, 1.807) is 37.3 Å². The Morgan fingerprint density at radius 2 is 1.95 bits per heavy atom. The van der Waals surface area contributed by atoms with Crippen molar-refractivity contribution in [2.75, 3.05) is 27.2 Å². The van der Waals surface area contributed by atoms with Gasteiger partial charge in [0.1, 0.15) is 17.8 Å². The fourth-order valence-electron chi connectivity index (χ4n) is 6.40. The molecule has 5 aromatic rings. The van der Waals surface area contributed by atoms with Crippen molar-refractivity contribution < 1.29 is 14.3 Å². The molecule has 7 rings (SSSR count). The molecule has 0 spiro atoms. The number of aromatic nitrogens is 4. The number of halogens is 1. The summed E-state index contributed by atoms with van der Waals surface area (Å²) in [6.45, 7) is 0.778. The second-order valence-electron chi connectivity index (χ2n) is 11.8. The predicted molar refractivity (Wildman–Crippen MR) is 168 cm³/mol. The van der Waals surface area contributed by atoms with E-state index in [0.717, 1.165) is 40.7 Å². The van der Waals surface area contributed by atoms with E-state index in [9.17, 15) is 14.7 Å². The van der Waals surface area contributed by atoms with Crippen LogP contribution < -0.4 is 5.56 Å². The number of nitrogens with zero attached hydrogens (tertiary/aromatic N) is 6. The lowest BCUT2D eigenvalue weighted by molar-refractivity contribution is 0.176. The average Bonchev–Trinajstić information content (AvgIpc) is 3.83. The molecule has 3 aromatic heterocycles. The Kier molecular flexibility index (Phi) is 6.81. The number of hydrogen-bond donors (Lipinski definition) is 1. The number of hydrogen-bond acceptors (Lipinski definition) is 5. The van der Waals surface area contributed by atoms with Crippen LogP contribution in [0.15, 0.2) is 65.9 Å². The number of fused-ring (bicyclic) bond motifs is 2. The van der Waals surface area contributed by atoms with Gasteiger partial charge in [-0.3, -0.25) is 9.36 Å². The highest BCUT2D eigenvalue weighted by molar-refractivity contribution is 5.95. The lowest BCUT2D eigenvalue weighted by atomic mass is 9.99. The molecule has 0 atom stereocenters. The monoisotopic (exact) mass is 592 g/mol. The van der Waals surface area contributed by atoms with Crippen LogP contribution in [0.5, 0.6) is 0 Å². The molecule has 2 amide bonds. The maximum Gasteiger partial charge on any atom is 0.319 e. The standard InChI is InChI=1S/C34H33FN6O3/c1-38(2)34(44)40-12-9-21(10-13-40)29-17-25-31(36-19-37-32(25)39(29)3)24-5-4-6-28(26(24)18-42)41-14-11-22-15-23(20-7-8-20)16-27(35)30(22)33(41)43/h4-6,9,11,14-17,19-20,42H,7-8,10,12-13,18H2,1-3H3. The molecular weight excluding hydrogens is 559 g/mol. The first kappa shape index (κ1) is 28.0. The highest BCUT2D eigenvalue weighted by atomic mass is 19.1. The van der Waals surface area contributed by atoms with Crippen LogP contribution in [0.25, 0.3) is 44.3 Å². The molecule has 9 nitrogen and oxygen atoms in total. The van der Waals surface area contributed by atoms with E-state index in [-0.39, 0.29) is 18.0 Å². The van der Waals surface area contributed by atoms with Crippen molar-refractivity contribution in [3.8, 4) is 16.9 Å². The van der Waals surface area contributed by atoms with E-state index in [4.69, 9.17) is 0 Å². The number of urea groups is 1. The van der Waals surface area contributed by atoms with Gasteiger partial charge in [0.2, 0.25) is 0 Å². The molecule has 1 fully saturated rings. The highest BCUT2D eigenvalue weighted by Gasteiger charge is 2.26. The third-order valence-electron chi connectivity index (χ3n) is 8.87. The van der Waals surface area contributed by atoms with Crippen molar-refractivity contribution in [1.29, 1.82) is 0 Å². The number of aryl methyl sites for hydroxylation is 1. The number of benzene rings is 2. The van der Waals surface area contributed by atoms with E-state index >= 15 is 4.39 Å². The summed E-state index contributed by atoms with van der Waals surface area (Å²) in [5.41, 5.74) is 5.53. The number of carbonyl (C=O) groups is 1. The van der Waals surface area contributed by atoms with Gasteiger partial charge in [0.05, 0.1) is 23.4 Å². The number of pyridine rings is 1. The molecule has 1 aliphatic carbocycles. The second kappa shape index (κ2) is 10.7. The number of aliphatic hydroxyl groups excluding tert-OH is 1. The van der Waals surface area contributed by atoms with E-state index in [1.165, 1.54) is 17.0 Å². The van der Waals surface area contributed by atoms with Crippen molar-refractivity contribution in [2.24, 2.45) is 7.05 Å². The maximum atomic E-state index is 15.3. The first-order chi connectivity index (χ1) is 21.3. The van der Waals surface area contributed by atoms with Gasteiger partial charge in [-0.25, -0.2) is 19.2 Å². The van der Waals surface area contributed by atoms with Crippen molar-refractivity contribution >= 4 is 33.4 Å². The van der Waals surface area contributed by atoms with Crippen LogP contribution >= 0.6 is 0 Å². The molecule has 1 N–H and O–H groups in total. The van der Waals surface area contributed by atoms with Crippen LogP contribution in [0, 0.1) is 5.82 Å². The topological polar surface area (TPSA) is 96.5 Å². The smallest absolute Gasteiger partial charge is 0.319 e. The van der Waals surface area contributed by atoms with Gasteiger partial charge in [0, 0.05) is 62.6 Å². The van der Waals surface area contributed by atoms with Crippen LogP contribution in [0.1, 0.15) is 42.0 Å². The number of rotatable bonds is 5. The fourth-order valence-corrected chi connectivity index (χ4v) is 6.40. The molecule has 4 heterocycles. The van der Waals surface area contributed by atoms with Crippen molar-refractivity contribution in [2.45, 2.75) is 31.8 Å². The molecule has 1 saturated carbocycles. The van der Waals surface area contributed by atoms with Crippen molar-refractivity contribution in [3.05, 3.63) is 94.1 Å². The Balaban J connectivity index is 1.32. The van der Waals surface area contributed by atoms with Gasteiger partial charge in [-0.15, -0.1) is 0 Å². The highest BCUT2D eigenvalue weighted by Crippen LogP contribution is 2.41. The summed E-state index contributed by atoms with van der Waals surface area (Å²) in [4.78, 5) is 38.7. The molecule has 10 heteroatoms. The third kappa shape index (κ3) is 4.57. The molecule has 0 bridgehead atoms. The molecule has 2 aliphatic rings. The Hall–Kier alpha value is -4.83. The first-order valence-corrected chi connectivity index (χ1v) is 14.8. The van der Waals surface area contributed by atoms with Gasteiger partial charge in [0.15, 0.2) is 0 Å². The second-order valence-corrected chi connectivity index (χ2v) is 11.8. The average molecular weight is 593 g/mol. The van der Waals surface area contributed by atoms with Crippen LogP contribution in [-0.2, 0) is 13.7 Å². The summed E-state index contributed by atoms with van der Waals surface area (Å²) in [6, 6.07) is 12.6. The van der Waals surface area contributed by atoms with Crippen molar-refractivity contribution in [1.82, 2.24) is 28.9 Å². The summed E-state index contributed by atoms with van der Waals surface area (Å²) in [5.74, 6) is -0.153. The molecule has 0 radical (unpaired) electrons. The summed E-state index contributed by atoms with van der Waals surface area (Å²) in [6.07, 6.45) is 8.01. The Labute approximate surface area is 253 Å². The molecule has 224 valence electrons. The molecule has 44 heavy (non-hydrogen) atoms. The van der Waals surface area contributed by atoms with E-state index in [2.05, 4.69) is 16.0 Å². The Morgan fingerprint density at radius 3 is 2.66 bits per heavy atom. The molecule has 0 unspecified atom stereocenters. The number of aliphatic hydroxyl groups is 1. The minimum atomic E-state index is -0.522. The van der Waals surface area contributed by atoms with Gasteiger partial charge in [0.25, 0.3) is 5.56 Å². The number of amides is 2. The first-order valence-electron chi connectivity index (χ1n) is 14.8. The van der Waals surface area contributed by atoms with Gasteiger partial charge >= 0.3 is 6.03 Å². The van der Waals surface area contributed by atoms with Crippen LogP contribution in [0.2, 0.25) is 0 Å². The normalized spacial score (nSPS) is 15.2. The van der Waals surface area contributed by atoms with Crippen molar-refractivity contribution in [3.63, 3.8) is 0 Å². The quantitative estimate of drug-likeness (QED) is 0.302. The van der Waals surface area contributed by atoms with Gasteiger partial charge in [-0.05, 0) is 66.0 Å². The SMILES string of the molecule is CN(C)C(=O)N1CC=C(c2cc3c(-c4cccc(-n5ccc6cc(C7CC7)cc(F)c6c5=O)c4CO)ncnc3n2C)CC1. The summed E-state index contributed by atoms with van der Waals surface area (Å²) in [5, 5.41) is 12.1. The van der Waals surface area contributed by atoms with Crippen LogP contribution in [-0.4, -0.2) is 67.2 Å². The summed E-state index contributed by atoms with van der Waals surface area (Å²) in [7, 11) is 5.45. The summed E-state index contributed by atoms with van der Waals surface area (Å²) >= 11 is 0. The van der Waals surface area contributed by atoms with E-state index in [1.807, 2.05) is 40.8 Å². The lowest BCUT2D eigenvalue weighted by Gasteiger charge is -2.29. The zero-order chi connectivity index (χ0) is 30.7. The predicted octanol–water partition coefficient (Wildman–Crippen LogP) is 5.22. The minimum Gasteiger partial charge on any atom is -0.392 e. The maximum absolute atomic E-state index is 15.3. The Bertz CT molecular complexity index is 2060. The van der Waals surface area contributed by atoms with E-state index in [0.29, 0.717) is 53.3 Å². The fraction of sp³-hybridized carbons (Fsp3) is 0.294. The van der Waals surface area contributed by atoms with Gasteiger partial charge < -0.3 is 19.5 Å².